The highest BCUT2D eigenvalue weighted by atomic mass is 35.5. The Balaban J connectivity index is 1.46. The number of hydrogen-bond acceptors (Lipinski definition) is 6. The lowest BCUT2D eigenvalue weighted by Crippen LogP contribution is -2.49. The Labute approximate surface area is 203 Å². The average molecular weight is 483 g/mol. The molecular weight excluding hydrogens is 456 g/mol. The molecule has 4 rings (SSSR count). The normalized spacial score (nSPS) is 13.6. The average Bonchev–Trinajstić information content (AvgIpc) is 2.86. The van der Waals surface area contributed by atoms with Crippen LogP contribution in [-0.2, 0) is 0 Å². The SMILES string of the molecule is CCOc1ccc(C(=O)N2CCN(c3ccc(=O)n(-c4ccc(Cl)cc4)n3)CC2)cc1OCC. The van der Waals surface area contributed by atoms with Gasteiger partial charge < -0.3 is 19.3 Å². The van der Waals surface area contributed by atoms with Crippen molar-refractivity contribution >= 4 is 23.3 Å². The van der Waals surface area contributed by atoms with E-state index in [-0.39, 0.29) is 11.5 Å². The predicted molar refractivity (Wildman–Crippen MR) is 132 cm³/mol. The third-order valence-corrected chi connectivity index (χ3v) is 5.79. The summed E-state index contributed by atoms with van der Waals surface area (Å²) in [4.78, 5) is 29.4. The molecule has 0 spiro atoms. The first-order valence-corrected chi connectivity index (χ1v) is 11.7. The van der Waals surface area contributed by atoms with Gasteiger partial charge in [0.1, 0.15) is 5.82 Å². The molecule has 0 saturated carbocycles. The van der Waals surface area contributed by atoms with E-state index in [1.807, 2.05) is 18.7 Å². The molecule has 178 valence electrons. The van der Waals surface area contributed by atoms with E-state index >= 15 is 0 Å². The van der Waals surface area contributed by atoms with Gasteiger partial charge in [0, 0.05) is 42.8 Å². The van der Waals surface area contributed by atoms with Crippen molar-refractivity contribution in [3.8, 4) is 17.2 Å². The number of piperazine rings is 1. The summed E-state index contributed by atoms with van der Waals surface area (Å²) >= 11 is 5.96. The fourth-order valence-electron chi connectivity index (χ4n) is 3.84. The lowest BCUT2D eigenvalue weighted by molar-refractivity contribution is 0.0746. The molecule has 0 radical (unpaired) electrons. The van der Waals surface area contributed by atoms with Crippen LogP contribution in [0.2, 0.25) is 5.02 Å². The summed E-state index contributed by atoms with van der Waals surface area (Å²) in [5.74, 6) is 1.83. The van der Waals surface area contributed by atoms with E-state index in [1.54, 1.807) is 48.5 Å². The summed E-state index contributed by atoms with van der Waals surface area (Å²) in [6, 6.07) is 15.5. The van der Waals surface area contributed by atoms with Crippen LogP contribution in [0.15, 0.2) is 59.4 Å². The highest BCUT2D eigenvalue weighted by molar-refractivity contribution is 6.30. The number of benzene rings is 2. The Morgan fingerprint density at radius 1 is 0.912 bits per heavy atom. The van der Waals surface area contributed by atoms with Gasteiger partial charge in [0.05, 0.1) is 18.9 Å². The number of carbonyl (C=O) groups is 1. The third kappa shape index (κ3) is 5.17. The minimum absolute atomic E-state index is 0.0530. The number of rotatable bonds is 7. The van der Waals surface area contributed by atoms with Crippen molar-refractivity contribution in [3.63, 3.8) is 0 Å². The molecule has 2 aromatic carbocycles. The first-order valence-electron chi connectivity index (χ1n) is 11.3. The maximum Gasteiger partial charge on any atom is 0.271 e. The summed E-state index contributed by atoms with van der Waals surface area (Å²) in [5.41, 5.74) is 0.987. The summed E-state index contributed by atoms with van der Waals surface area (Å²) in [6.07, 6.45) is 0. The molecule has 0 bridgehead atoms. The first-order chi connectivity index (χ1) is 16.5. The minimum Gasteiger partial charge on any atom is -0.490 e. The van der Waals surface area contributed by atoms with E-state index in [9.17, 15) is 9.59 Å². The van der Waals surface area contributed by atoms with Gasteiger partial charge in [-0.1, -0.05) is 11.6 Å². The fraction of sp³-hybridized carbons (Fsp3) is 0.320. The largest absolute Gasteiger partial charge is 0.490 e. The van der Waals surface area contributed by atoms with Crippen molar-refractivity contribution in [3.05, 3.63) is 75.5 Å². The van der Waals surface area contributed by atoms with Crippen LogP contribution in [0.25, 0.3) is 5.69 Å². The zero-order valence-corrected chi connectivity index (χ0v) is 20.0. The lowest BCUT2D eigenvalue weighted by atomic mass is 10.1. The second-order valence-electron chi connectivity index (χ2n) is 7.72. The van der Waals surface area contributed by atoms with Crippen LogP contribution in [0.5, 0.6) is 11.5 Å². The lowest BCUT2D eigenvalue weighted by Gasteiger charge is -2.35. The van der Waals surface area contributed by atoms with Gasteiger partial charge in [0.15, 0.2) is 11.5 Å². The van der Waals surface area contributed by atoms with Crippen molar-refractivity contribution in [1.29, 1.82) is 0 Å². The van der Waals surface area contributed by atoms with Crippen LogP contribution < -0.4 is 19.9 Å². The van der Waals surface area contributed by atoms with E-state index in [0.717, 1.165) is 0 Å². The number of ether oxygens (including phenoxy) is 2. The molecule has 0 N–H and O–H groups in total. The molecule has 0 atom stereocenters. The molecule has 1 aromatic heterocycles. The zero-order chi connectivity index (χ0) is 24.1. The van der Waals surface area contributed by atoms with Crippen LogP contribution in [0, 0.1) is 0 Å². The number of hydrogen-bond donors (Lipinski definition) is 0. The van der Waals surface area contributed by atoms with Crippen molar-refractivity contribution in [1.82, 2.24) is 14.7 Å². The van der Waals surface area contributed by atoms with Crippen LogP contribution in [0.3, 0.4) is 0 Å². The maximum atomic E-state index is 13.1. The summed E-state index contributed by atoms with van der Waals surface area (Å²) in [7, 11) is 0. The number of halogens is 1. The van der Waals surface area contributed by atoms with Gasteiger partial charge in [-0.2, -0.15) is 4.68 Å². The predicted octanol–water partition coefficient (Wildman–Crippen LogP) is 3.65. The number of aromatic nitrogens is 2. The van der Waals surface area contributed by atoms with Gasteiger partial charge in [-0.05, 0) is 62.4 Å². The monoisotopic (exact) mass is 482 g/mol. The molecule has 34 heavy (non-hydrogen) atoms. The van der Waals surface area contributed by atoms with Gasteiger partial charge in [0.25, 0.3) is 11.5 Å². The molecule has 0 unspecified atom stereocenters. The smallest absolute Gasteiger partial charge is 0.271 e. The van der Waals surface area contributed by atoms with Crippen molar-refractivity contribution < 1.29 is 14.3 Å². The summed E-state index contributed by atoms with van der Waals surface area (Å²) < 4.78 is 12.6. The van der Waals surface area contributed by atoms with Crippen molar-refractivity contribution in [2.45, 2.75) is 13.8 Å². The molecule has 3 aromatic rings. The van der Waals surface area contributed by atoms with Crippen molar-refractivity contribution in [2.24, 2.45) is 0 Å². The standard InChI is InChI=1S/C25H27ClN4O4/c1-3-33-21-10-5-18(17-22(21)34-4-2)25(32)29-15-13-28(14-16-29)23-11-12-24(31)30(27-23)20-8-6-19(26)7-9-20/h5-12,17H,3-4,13-16H2,1-2H3. The van der Waals surface area contributed by atoms with Crippen LogP contribution in [0.1, 0.15) is 24.2 Å². The number of amides is 1. The maximum absolute atomic E-state index is 13.1. The quantitative estimate of drug-likeness (QED) is 0.511. The number of nitrogens with zero attached hydrogens (tertiary/aromatic N) is 4. The highest BCUT2D eigenvalue weighted by Gasteiger charge is 2.24. The molecule has 1 aliphatic rings. The molecular formula is C25H27ClN4O4. The van der Waals surface area contributed by atoms with E-state index < -0.39 is 0 Å². The molecule has 1 aliphatic heterocycles. The molecule has 1 fully saturated rings. The topological polar surface area (TPSA) is 76.9 Å². The van der Waals surface area contributed by atoms with Gasteiger partial charge in [-0.15, -0.1) is 5.10 Å². The van der Waals surface area contributed by atoms with Crippen LogP contribution in [-0.4, -0.2) is 60.0 Å². The van der Waals surface area contributed by atoms with Gasteiger partial charge in [-0.3, -0.25) is 9.59 Å². The van der Waals surface area contributed by atoms with E-state index in [1.165, 1.54) is 10.7 Å². The highest BCUT2D eigenvalue weighted by Crippen LogP contribution is 2.29. The van der Waals surface area contributed by atoms with E-state index in [4.69, 9.17) is 21.1 Å². The molecule has 8 nitrogen and oxygen atoms in total. The molecule has 9 heteroatoms. The van der Waals surface area contributed by atoms with Crippen molar-refractivity contribution in [2.75, 3.05) is 44.3 Å². The molecule has 1 amide bonds. The fourth-order valence-corrected chi connectivity index (χ4v) is 3.97. The Bertz CT molecular complexity index is 1200. The Kier molecular flexibility index (Phi) is 7.37. The molecule has 1 saturated heterocycles. The third-order valence-electron chi connectivity index (χ3n) is 5.54. The Morgan fingerprint density at radius 2 is 1.59 bits per heavy atom. The second-order valence-corrected chi connectivity index (χ2v) is 8.16. The minimum atomic E-state index is -0.222. The van der Waals surface area contributed by atoms with Gasteiger partial charge in [-0.25, -0.2) is 0 Å². The Morgan fingerprint density at radius 3 is 2.26 bits per heavy atom. The van der Waals surface area contributed by atoms with E-state index in [2.05, 4.69) is 10.00 Å². The number of carbonyl (C=O) groups excluding carboxylic acids is 1. The van der Waals surface area contributed by atoms with Gasteiger partial charge >= 0.3 is 0 Å². The van der Waals surface area contributed by atoms with Crippen LogP contribution >= 0.6 is 11.6 Å². The summed E-state index contributed by atoms with van der Waals surface area (Å²) in [5, 5.41) is 5.13. The molecule has 2 heterocycles. The Hall–Kier alpha value is -3.52. The summed E-state index contributed by atoms with van der Waals surface area (Å²) in [6.45, 7) is 7.10. The second kappa shape index (κ2) is 10.6. The van der Waals surface area contributed by atoms with Gasteiger partial charge in [0.2, 0.25) is 0 Å². The van der Waals surface area contributed by atoms with Crippen LogP contribution in [0.4, 0.5) is 5.82 Å². The molecule has 0 aliphatic carbocycles. The first kappa shape index (κ1) is 23.6. The number of anilines is 1. The van der Waals surface area contributed by atoms with E-state index in [0.29, 0.717) is 73.0 Å². The zero-order valence-electron chi connectivity index (χ0n) is 19.2.